The number of benzene rings is 2. The van der Waals surface area contributed by atoms with Crippen LogP contribution in [0.25, 0.3) is 0 Å². The minimum atomic E-state index is -0.529. The van der Waals surface area contributed by atoms with Crippen molar-refractivity contribution < 1.29 is 14.3 Å². The molecule has 2 aromatic carbocycles. The molecule has 1 aliphatic carbocycles. The third-order valence-electron chi connectivity index (χ3n) is 6.11. The van der Waals surface area contributed by atoms with E-state index in [1.807, 2.05) is 50.4 Å². The van der Waals surface area contributed by atoms with Crippen molar-refractivity contribution >= 4 is 40.0 Å². The Morgan fingerprint density at radius 3 is 2.76 bits per heavy atom. The molecule has 0 bridgehead atoms. The highest BCUT2D eigenvalue weighted by molar-refractivity contribution is 14.1. The van der Waals surface area contributed by atoms with Crippen molar-refractivity contribution in [1.29, 1.82) is 5.26 Å². The number of allylic oxidation sites excluding steroid dienone is 3. The number of carbonyl (C=O) groups excluding carboxylic acids is 1. The molecule has 0 amide bonds. The molecule has 1 heterocycles. The van der Waals surface area contributed by atoms with Crippen LogP contribution in [0.3, 0.4) is 0 Å². The topological polar surface area (TPSA) is 88.6 Å². The fraction of sp³-hybridized carbons (Fsp3) is 0.308. The van der Waals surface area contributed by atoms with Gasteiger partial charge in [-0.25, -0.2) is 0 Å². The Morgan fingerprint density at radius 1 is 1.26 bits per heavy atom. The summed E-state index contributed by atoms with van der Waals surface area (Å²) in [5.41, 5.74) is 10.0. The molecule has 8 heteroatoms. The Morgan fingerprint density at radius 2 is 2.06 bits per heavy atom. The molecule has 1 atom stereocenters. The minimum Gasteiger partial charge on any atom is -0.490 e. The Labute approximate surface area is 218 Å². The first kappa shape index (κ1) is 24.4. The number of rotatable bonds is 6. The summed E-state index contributed by atoms with van der Waals surface area (Å²) in [5.74, 6) is 1.09. The first-order chi connectivity index (χ1) is 16.3. The molecule has 4 rings (SSSR count). The zero-order chi connectivity index (χ0) is 24.4. The Bertz CT molecular complexity index is 1250. The molecule has 6 nitrogen and oxygen atoms in total. The summed E-state index contributed by atoms with van der Waals surface area (Å²) in [4.78, 5) is 14.8. The number of Topliss-reactive ketones (excluding diaryl/α,β-unsaturated/α-hetero) is 1. The van der Waals surface area contributed by atoms with E-state index >= 15 is 0 Å². The lowest BCUT2D eigenvalue weighted by molar-refractivity contribution is -0.116. The van der Waals surface area contributed by atoms with Gasteiger partial charge >= 0.3 is 0 Å². The van der Waals surface area contributed by atoms with Crippen molar-refractivity contribution in [3.8, 4) is 17.6 Å². The fourth-order valence-electron chi connectivity index (χ4n) is 4.54. The lowest BCUT2D eigenvalue weighted by atomic mass is 9.76. The average Bonchev–Trinajstić information content (AvgIpc) is 2.81. The number of carbonyl (C=O) groups is 1. The van der Waals surface area contributed by atoms with Crippen LogP contribution < -0.4 is 15.2 Å². The second-order valence-corrected chi connectivity index (χ2v) is 9.82. The minimum absolute atomic E-state index is 0.0626. The van der Waals surface area contributed by atoms with E-state index in [1.54, 1.807) is 4.90 Å². The number of nitriles is 1. The molecule has 1 aliphatic heterocycles. The third-order valence-corrected chi connectivity index (χ3v) is 7.14. The Kier molecular flexibility index (Phi) is 7.39. The van der Waals surface area contributed by atoms with Crippen LogP contribution in [0.2, 0.25) is 5.02 Å². The molecular weight excluding hydrogens is 565 g/mol. The maximum atomic E-state index is 13.0. The van der Waals surface area contributed by atoms with E-state index in [-0.39, 0.29) is 5.78 Å². The summed E-state index contributed by atoms with van der Waals surface area (Å²) >= 11 is 8.31. The zero-order valence-corrected chi connectivity index (χ0v) is 21.9. The summed E-state index contributed by atoms with van der Waals surface area (Å²) in [6.45, 7) is 2.67. The van der Waals surface area contributed by atoms with Crippen LogP contribution in [0.1, 0.15) is 43.2 Å². The molecule has 0 saturated heterocycles. The van der Waals surface area contributed by atoms with Crippen molar-refractivity contribution in [2.45, 2.75) is 38.7 Å². The first-order valence-corrected chi connectivity index (χ1v) is 12.5. The van der Waals surface area contributed by atoms with Crippen LogP contribution in [-0.2, 0) is 11.4 Å². The summed E-state index contributed by atoms with van der Waals surface area (Å²) < 4.78 is 12.9. The molecule has 0 saturated carbocycles. The fourth-order valence-corrected chi connectivity index (χ4v) is 5.53. The van der Waals surface area contributed by atoms with Crippen molar-refractivity contribution in [3.05, 3.63) is 78.8 Å². The zero-order valence-electron chi connectivity index (χ0n) is 19.0. The van der Waals surface area contributed by atoms with Gasteiger partial charge in [0.1, 0.15) is 12.4 Å². The lowest BCUT2D eigenvalue weighted by Gasteiger charge is -2.37. The highest BCUT2D eigenvalue weighted by atomic mass is 127. The monoisotopic (exact) mass is 589 g/mol. The number of hydrogen-bond acceptors (Lipinski definition) is 6. The number of ether oxygens (including phenoxy) is 2. The molecule has 2 aromatic rings. The van der Waals surface area contributed by atoms with Gasteiger partial charge in [0.25, 0.3) is 0 Å². The number of ketones is 1. The van der Waals surface area contributed by atoms with Gasteiger partial charge in [-0.1, -0.05) is 23.7 Å². The van der Waals surface area contributed by atoms with Crippen LogP contribution >= 0.6 is 34.2 Å². The first-order valence-electron chi connectivity index (χ1n) is 11.1. The van der Waals surface area contributed by atoms with Crippen molar-refractivity contribution in [1.82, 2.24) is 4.90 Å². The molecule has 0 radical (unpaired) electrons. The van der Waals surface area contributed by atoms with E-state index < -0.39 is 5.92 Å². The molecule has 2 aliphatic rings. The van der Waals surface area contributed by atoms with Gasteiger partial charge < -0.3 is 20.1 Å². The second-order valence-electron chi connectivity index (χ2n) is 8.22. The van der Waals surface area contributed by atoms with Gasteiger partial charge in [0.2, 0.25) is 0 Å². The van der Waals surface area contributed by atoms with Gasteiger partial charge in [0.15, 0.2) is 17.3 Å². The molecule has 0 spiro atoms. The third kappa shape index (κ3) is 4.62. The maximum absolute atomic E-state index is 13.0. The number of nitrogens with two attached hydrogens (primary N) is 1. The van der Waals surface area contributed by atoms with E-state index in [4.69, 9.17) is 26.8 Å². The quantitative estimate of drug-likeness (QED) is 0.438. The highest BCUT2D eigenvalue weighted by Crippen LogP contribution is 2.46. The maximum Gasteiger partial charge on any atom is 0.174 e. The van der Waals surface area contributed by atoms with Crippen molar-refractivity contribution in [3.63, 3.8) is 0 Å². The van der Waals surface area contributed by atoms with Crippen molar-refractivity contribution in [2.24, 2.45) is 5.73 Å². The molecule has 2 N–H and O–H groups in total. The molecule has 176 valence electrons. The highest BCUT2D eigenvalue weighted by Gasteiger charge is 2.39. The summed E-state index contributed by atoms with van der Waals surface area (Å²) in [6, 6.07) is 13.6. The standard InChI is InChI=1S/C26H25ClIN3O3/c1-3-33-22-12-16(11-19(28)25(22)34-14-15-6-4-7-17(27)10-15)23-18(13-29)26(30)31(2)20-8-5-9-21(32)24(20)23/h4,6-7,10-12,23H,3,5,8-9,14,30H2,1-2H3/t23-/m1/s1. The molecule has 34 heavy (non-hydrogen) atoms. The Balaban J connectivity index is 1.78. The van der Waals surface area contributed by atoms with Gasteiger partial charge in [-0.15, -0.1) is 0 Å². The van der Waals surface area contributed by atoms with Crippen LogP contribution in [0.4, 0.5) is 0 Å². The predicted molar refractivity (Wildman–Crippen MR) is 139 cm³/mol. The lowest BCUT2D eigenvalue weighted by Crippen LogP contribution is -2.36. The van der Waals surface area contributed by atoms with Crippen molar-refractivity contribution in [2.75, 3.05) is 13.7 Å². The predicted octanol–water partition coefficient (Wildman–Crippen LogP) is 5.65. The number of nitrogens with zero attached hydrogens (tertiary/aromatic N) is 2. The van der Waals surface area contributed by atoms with E-state index in [0.29, 0.717) is 53.1 Å². The molecule has 0 aromatic heterocycles. The smallest absolute Gasteiger partial charge is 0.174 e. The van der Waals surface area contributed by atoms with E-state index in [2.05, 4.69) is 28.7 Å². The molecule has 0 fully saturated rings. The van der Waals surface area contributed by atoms with Gasteiger partial charge in [0.05, 0.1) is 27.7 Å². The average molecular weight is 590 g/mol. The SMILES string of the molecule is CCOc1cc([C@@H]2C(C#N)=C(N)N(C)C3=C2C(=O)CCC3)cc(I)c1OCc1cccc(Cl)c1. The second kappa shape index (κ2) is 10.3. The number of hydrogen-bond donors (Lipinski definition) is 1. The van der Waals surface area contributed by atoms with Gasteiger partial charge in [0, 0.05) is 29.8 Å². The Hall–Kier alpha value is -2.70. The van der Waals surface area contributed by atoms with Crippen LogP contribution in [0, 0.1) is 14.9 Å². The van der Waals surface area contributed by atoms with E-state index in [9.17, 15) is 10.1 Å². The van der Waals surface area contributed by atoms with Gasteiger partial charge in [-0.3, -0.25) is 4.79 Å². The number of halogens is 2. The summed E-state index contributed by atoms with van der Waals surface area (Å²) in [5, 5.41) is 10.6. The molecular formula is C26H25ClIN3O3. The van der Waals surface area contributed by atoms with Crippen LogP contribution in [-0.4, -0.2) is 24.3 Å². The molecule has 0 unspecified atom stereocenters. The summed E-state index contributed by atoms with van der Waals surface area (Å²) in [7, 11) is 1.82. The normalized spacial score (nSPS) is 18.0. The van der Waals surface area contributed by atoms with Crippen LogP contribution in [0.15, 0.2) is 59.1 Å². The van der Waals surface area contributed by atoms with E-state index in [0.717, 1.165) is 33.2 Å². The largest absolute Gasteiger partial charge is 0.490 e. The summed E-state index contributed by atoms with van der Waals surface area (Å²) in [6.07, 6.45) is 2.00. The van der Waals surface area contributed by atoms with E-state index in [1.165, 1.54) is 0 Å². The van der Waals surface area contributed by atoms with Gasteiger partial charge in [-0.2, -0.15) is 5.26 Å². The van der Waals surface area contributed by atoms with Crippen LogP contribution in [0.5, 0.6) is 11.5 Å². The van der Waals surface area contributed by atoms with Gasteiger partial charge in [-0.05, 0) is 77.7 Å².